The highest BCUT2D eigenvalue weighted by Crippen LogP contribution is 2.18. The van der Waals surface area contributed by atoms with Crippen LogP contribution in [0, 0.1) is 13.8 Å². The Morgan fingerprint density at radius 2 is 1.59 bits per heavy atom. The van der Waals surface area contributed by atoms with Gasteiger partial charge in [0.2, 0.25) is 10.0 Å². The molecule has 0 spiro atoms. The van der Waals surface area contributed by atoms with E-state index < -0.39 is 10.0 Å². The molecule has 4 rings (SSSR count). The van der Waals surface area contributed by atoms with Gasteiger partial charge in [-0.05, 0) is 37.6 Å². The molecule has 2 aromatic heterocycles. The van der Waals surface area contributed by atoms with Crippen LogP contribution in [-0.2, 0) is 16.6 Å². The van der Waals surface area contributed by atoms with Gasteiger partial charge in [-0.1, -0.05) is 23.8 Å². The molecule has 0 atom stereocenters. The maximum atomic E-state index is 12.8. The average Bonchev–Trinajstić information content (AvgIpc) is 2.69. The van der Waals surface area contributed by atoms with E-state index in [1.54, 1.807) is 28.8 Å². The van der Waals surface area contributed by atoms with Crippen LogP contribution < -0.4 is 5.56 Å². The van der Waals surface area contributed by atoms with Crippen LogP contribution in [0.5, 0.6) is 0 Å². The number of aryl methyl sites for hydroxylation is 2. The summed E-state index contributed by atoms with van der Waals surface area (Å²) in [6, 6.07) is 12.3. The van der Waals surface area contributed by atoms with E-state index >= 15 is 0 Å². The summed E-state index contributed by atoms with van der Waals surface area (Å²) in [5.41, 5.74) is 3.25. The maximum absolute atomic E-state index is 12.8. The molecule has 0 N–H and O–H groups in total. The van der Waals surface area contributed by atoms with Gasteiger partial charge in [-0.2, -0.15) is 4.31 Å². The first-order valence-corrected chi connectivity index (χ1v) is 11.0. The standard InChI is InChI=1S/C21H24N4O3S/c1-16-3-6-19(7-4-16)29(27,28)24-11-9-23(10-12-24)15-18-13-21(26)25-14-17(2)5-8-20(25)22-18/h3-8,13-14H,9-12,15H2,1-2H3. The van der Waals surface area contributed by atoms with Crippen LogP contribution in [0.15, 0.2) is 58.4 Å². The van der Waals surface area contributed by atoms with Crippen LogP contribution in [0.1, 0.15) is 16.8 Å². The van der Waals surface area contributed by atoms with Crippen molar-refractivity contribution in [1.82, 2.24) is 18.6 Å². The topological polar surface area (TPSA) is 75.0 Å². The SMILES string of the molecule is Cc1ccc(S(=O)(=O)N2CCN(Cc3cc(=O)n4cc(C)ccc4n3)CC2)cc1. The number of benzene rings is 1. The van der Waals surface area contributed by atoms with Crippen LogP contribution in [0.4, 0.5) is 0 Å². The lowest BCUT2D eigenvalue weighted by molar-refractivity contribution is 0.180. The highest BCUT2D eigenvalue weighted by Gasteiger charge is 2.28. The highest BCUT2D eigenvalue weighted by molar-refractivity contribution is 7.89. The fourth-order valence-electron chi connectivity index (χ4n) is 3.56. The van der Waals surface area contributed by atoms with E-state index in [2.05, 4.69) is 9.88 Å². The second kappa shape index (κ2) is 7.70. The summed E-state index contributed by atoms with van der Waals surface area (Å²) in [7, 11) is -3.48. The smallest absolute Gasteiger partial charge is 0.258 e. The number of fused-ring (bicyclic) bond motifs is 1. The molecule has 1 aliphatic rings. The van der Waals surface area contributed by atoms with Crippen molar-refractivity contribution in [2.75, 3.05) is 26.2 Å². The van der Waals surface area contributed by atoms with Gasteiger partial charge in [0.15, 0.2) is 0 Å². The van der Waals surface area contributed by atoms with Gasteiger partial charge in [0, 0.05) is 45.0 Å². The summed E-state index contributed by atoms with van der Waals surface area (Å²) < 4.78 is 28.7. The summed E-state index contributed by atoms with van der Waals surface area (Å²) in [5, 5.41) is 0. The zero-order valence-electron chi connectivity index (χ0n) is 16.6. The van der Waals surface area contributed by atoms with Gasteiger partial charge in [-0.25, -0.2) is 13.4 Å². The van der Waals surface area contributed by atoms with Crippen LogP contribution in [0.3, 0.4) is 0 Å². The van der Waals surface area contributed by atoms with Crippen molar-refractivity contribution >= 4 is 15.7 Å². The first-order valence-electron chi connectivity index (χ1n) is 9.61. The van der Waals surface area contributed by atoms with E-state index in [4.69, 9.17) is 0 Å². The molecule has 1 aliphatic heterocycles. The molecule has 1 aromatic carbocycles. The molecule has 7 nitrogen and oxygen atoms in total. The van der Waals surface area contributed by atoms with Crippen molar-refractivity contribution in [3.63, 3.8) is 0 Å². The number of sulfonamides is 1. The Kier molecular flexibility index (Phi) is 5.24. The number of aromatic nitrogens is 2. The van der Waals surface area contributed by atoms with Crippen molar-refractivity contribution in [1.29, 1.82) is 0 Å². The molecule has 0 aliphatic carbocycles. The molecule has 3 heterocycles. The number of nitrogens with zero attached hydrogens (tertiary/aromatic N) is 4. The first-order chi connectivity index (χ1) is 13.8. The average molecular weight is 413 g/mol. The van der Waals surface area contributed by atoms with Gasteiger partial charge in [-0.3, -0.25) is 14.1 Å². The van der Waals surface area contributed by atoms with Crippen molar-refractivity contribution in [2.24, 2.45) is 0 Å². The molecule has 3 aromatic rings. The summed E-state index contributed by atoms with van der Waals surface area (Å²) in [5.74, 6) is 0. The molecule has 1 fully saturated rings. The van der Waals surface area contributed by atoms with Crippen LogP contribution in [-0.4, -0.2) is 53.2 Å². The van der Waals surface area contributed by atoms with E-state index in [0.717, 1.165) is 11.1 Å². The Hall–Kier alpha value is -2.55. The Morgan fingerprint density at radius 3 is 2.28 bits per heavy atom. The molecule has 29 heavy (non-hydrogen) atoms. The van der Waals surface area contributed by atoms with Gasteiger partial charge in [0.25, 0.3) is 5.56 Å². The third-order valence-corrected chi connectivity index (χ3v) is 7.15. The third-order valence-electron chi connectivity index (χ3n) is 5.24. The minimum absolute atomic E-state index is 0.103. The summed E-state index contributed by atoms with van der Waals surface area (Å²) in [4.78, 5) is 19.4. The van der Waals surface area contributed by atoms with Gasteiger partial charge in [0.05, 0.1) is 10.6 Å². The Labute approximate surface area is 170 Å². The zero-order chi connectivity index (χ0) is 20.6. The normalized spacial score (nSPS) is 16.3. The quantitative estimate of drug-likeness (QED) is 0.653. The van der Waals surface area contributed by atoms with Crippen molar-refractivity contribution in [3.05, 3.63) is 75.8 Å². The fourth-order valence-corrected chi connectivity index (χ4v) is 4.98. The predicted octanol–water partition coefficient (Wildman–Crippen LogP) is 1.82. The minimum atomic E-state index is -3.48. The summed E-state index contributed by atoms with van der Waals surface area (Å²) in [6.45, 7) is 6.43. The Balaban J connectivity index is 1.45. The molecular formula is C21H24N4O3S. The van der Waals surface area contributed by atoms with E-state index in [9.17, 15) is 13.2 Å². The van der Waals surface area contributed by atoms with Gasteiger partial charge < -0.3 is 0 Å². The summed E-state index contributed by atoms with van der Waals surface area (Å²) in [6.07, 6.45) is 1.78. The molecule has 152 valence electrons. The molecule has 8 heteroatoms. The molecule has 0 amide bonds. The fraction of sp³-hybridized carbons (Fsp3) is 0.333. The van der Waals surface area contributed by atoms with Gasteiger partial charge in [0.1, 0.15) is 5.65 Å². The largest absolute Gasteiger partial charge is 0.295 e. The number of hydrogen-bond acceptors (Lipinski definition) is 5. The molecular weight excluding hydrogens is 388 g/mol. The second-order valence-electron chi connectivity index (χ2n) is 7.51. The van der Waals surface area contributed by atoms with Crippen LogP contribution >= 0.6 is 0 Å². The van der Waals surface area contributed by atoms with E-state index in [-0.39, 0.29) is 5.56 Å². The molecule has 1 saturated heterocycles. The lowest BCUT2D eigenvalue weighted by Crippen LogP contribution is -2.48. The van der Waals surface area contributed by atoms with Crippen LogP contribution in [0.2, 0.25) is 0 Å². The van der Waals surface area contributed by atoms with E-state index in [1.165, 1.54) is 4.31 Å². The van der Waals surface area contributed by atoms with E-state index in [1.807, 2.05) is 38.1 Å². The minimum Gasteiger partial charge on any atom is -0.295 e. The molecule has 0 unspecified atom stereocenters. The van der Waals surface area contributed by atoms with Crippen LogP contribution in [0.25, 0.3) is 5.65 Å². The maximum Gasteiger partial charge on any atom is 0.258 e. The lowest BCUT2D eigenvalue weighted by Gasteiger charge is -2.33. The van der Waals surface area contributed by atoms with Gasteiger partial charge >= 0.3 is 0 Å². The summed E-state index contributed by atoms with van der Waals surface area (Å²) >= 11 is 0. The highest BCUT2D eigenvalue weighted by atomic mass is 32.2. The first kappa shape index (κ1) is 19.8. The predicted molar refractivity (Wildman–Crippen MR) is 111 cm³/mol. The molecule has 0 radical (unpaired) electrons. The number of rotatable bonds is 4. The Morgan fingerprint density at radius 1 is 0.931 bits per heavy atom. The van der Waals surface area contributed by atoms with E-state index in [0.29, 0.717) is 49.0 Å². The van der Waals surface area contributed by atoms with Gasteiger partial charge in [-0.15, -0.1) is 0 Å². The lowest BCUT2D eigenvalue weighted by atomic mass is 10.2. The zero-order valence-corrected chi connectivity index (χ0v) is 17.4. The second-order valence-corrected chi connectivity index (χ2v) is 9.45. The Bertz CT molecular complexity index is 1190. The number of pyridine rings is 1. The monoisotopic (exact) mass is 412 g/mol. The molecule has 0 bridgehead atoms. The molecule has 0 saturated carbocycles. The van der Waals surface area contributed by atoms with Crippen molar-refractivity contribution in [2.45, 2.75) is 25.3 Å². The number of hydrogen-bond donors (Lipinski definition) is 0. The third kappa shape index (κ3) is 4.10. The number of piperazine rings is 1. The van der Waals surface area contributed by atoms with Crippen molar-refractivity contribution < 1.29 is 8.42 Å². The van der Waals surface area contributed by atoms with Crippen molar-refractivity contribution in [3.8, 4) is 0 Å².